The second-order valence-corrected chi connectivity index (χ2v) is 12.8. The Hall–Kier alpha value is -4.66. The quantitative estimate of drug-likeness (QED) is 0.0567. The van der Waals surface area contributed by atoms with Crippen LogP contribution in [-0.4, -0.2) is 7.32 Å². The first kappa shape index (κ1) is 43.1. The molecule has 26 heteroatoms. The van der Waals surface area contributed by atoms with Gasteiger partial charge in [-0.3, -0.25) is 0 Å². The second kappa shape index (κ2) is 15.1. The second-order valence-electron chi connectivity index (χ2n) is 9.99. The summed E-state index contributed by atoms with van der Waals surface area (Å²) in [7, 11) is -3.72. The molecular weight excluding hydrogens is 933 g/mol. The molecule has 0 heterocycles. The minimum absolute atomic E-state index is 0.193. The van der Waals surface area contributed by atoms with Gasteiger partial charge < -0.3 is 0 Å². The molecule has 0 saturated heterocycles. The fourth-order valence-electron chi connectivity index (χ4n) is 4.15. The molecule has 0 aromatic heterocycles. The van der Waals surface area contributed by atoms with E-state index >= 15 is 0 Å². The van der Waals surface area contributed by atoms with E-state index in [1.54, 1.807) is 0 Å². The normalized spacial score (nSPS) is 12.3. The van der Waals surface area contributed by atoms with Crippen molar-refractivity contribution in [2.75, 3.05) is 0 Å². The van der Waals surface area contributed by atoms with Gasteiger partial charge in [0.15, 0.2) is 0 Å². The molecule has 55 heavy (non-hydrogen) atoms. The van der Waals surface area contributed by atoms with Crippen molar-refractivity contribution in [2.45, 2.75) is 18.5 Å². The molecule has 4 aromatic rings. The van der Waals surface area contributed by atoms with Crippen LogP contribution in [0.2, 0.25) is 0 Å². The Morgan fingerprint density at radius 2 is 0.800 bits per heavy atom. The zero-order valence-corrected chi connectivity index (χ0v) is 27.3. The Balaban J connectivity index is 1.96. The van der Waals surface area contributed by atoms with Crippen molar-refractivity contribution >= 4 is 13.4 Å². The number of rotatable bonds is 9. The van der Waals surface area contributed by atoms with Crippen LogP contribution in [0.4, 0.5) is 92.2 Å². The van der Waals surface area contributed by atoms with Crippen LogP contribution in [0, 0.1) is 76.9 Å². The van der Waals surface area contributed by atoms with E-state index in [0.29, 0.717) is 12.1 Å². The van der Waals surface area contributed by atoms with Gasteiger partial charge in [-0.05, 0) is 0 Å². The summed E-state index contributed by atoms with van der Waals surface area (Å²) in [5.41, 5.74) is -9.72. The summed E-state index contributed by atoms with van der Waals surface area (Å²) in [6.07, 6.45) is -17.5. The van der Waals surface area contributed by atoms with E-state index in [1.165, 1.54) is 0 Å². The van der Waals surface area contributed by atoms with Crippen molar-refractivity contribution in [3.63, 3.8) is 0 Å². The molecule has 0 aliphatic carbocycles. The van der Waals surface area contributed by atoms with Gasteiger partial charge in [-0.25, -0.2) is 0 Å². The summed E-state index contributed by atoms with van der Waals surface area (Å²) in [5, 5.41) is 0. The molecule has 0 radical (unpaired) electrons. The maximum absolute atomic E-state index is 14.8. The van der Waals surface area contributed by atoms with Crippen molar-refractivity contribution < 1.29 is 127 Å². The monoisotopic (exact) mass is 939 g/mol. The third kappa shape index (κ3) is 8.17. The molecular formula is C29H6BF21IO3-. The first-order chi connectivity index (χ1) is 25.1. The average molecular weight is 939 g/mol. The zero-order chi connectivity index (χ0) is 41.9. The molecule has 3 nitrogen and oxygen atoms in total. The topological polar surface area (TPSA) is 27.7 Å². The van der Waals surface area contributed by atoms with Crippen molar-refractivity contribution in [2.24, 2.45) is 0 Å². The summed E-state index contributed by atoms with van der Waals surface area (Å²) < 4.78 is 303. The molecule has 0 amide bonds. The molecule has 0 atom stereocenters. The molecule has 298 valence electrons. The van der Waals surface area contributed by atoms with Crippen LogP contribution in [-0.2, 0) is 18.5 Å². The molecule has 0 spiro atoms. The Morgan fingerprint density at radius 1 is 0.473 bits per heavy atom. The number of benzene rings is 4. The molecule has 0 saturated carbocycles. The van der Waals surface area contributed by atoms with Gasteiger partial charge in [-0.15, -0.1) is 0 Å². The summed E-state index contributed by atoms with van der Waals surface area (Å²) in [6.45, 7) is 3.26. The number of halogens is 22. The summed E-state index contributed by atoms with van der Waals surface area (Å²) in [5.74, 6) is -43.7. The third-order valence-corrected chi connectivity index (χ3v) is 9.46. The number of alkyl halides is 9. The van der Waals surface area contributed by atoms with Crippen LogP contribution in [0.1, 0.15) is 22.3 Å². The number of hydrogen-bond acceptors (Lipinski definition) is 3. The minimum atomic E-state index is -6.18. The van der Waals surface area contributed by atoms with E-state index in [4.69, 9.17) is 4.65 Å². The van der Waals surface area contributed by atoms with E-state index in [1.807, 2.05) is 0 Å². The van der Waals surface area contributed by atoms with Gasteiger partial charge in [0.1, 0.15) is 0 Å². The molecule has 0 fully saturated rings. The van der Waals surface area contributed by atoms with Crippen LogP contribution < -0.4 is 35.2 Å². The van der Waals surface area contributed by atoms with Crippen molar-refractivity contribution in [1.29, 1.82) is 0 Å². The Kier molecular flexibility index (Phi) is 11.8. The van der Waals surface area contributed by atoms with Crippen LogP contribution in [0.25, 0.3) is 6.08 Å². The third-order valence-electron chi connectivity index (χ3n) is 6.55. The van der Waals surface area contributed by atoms with E-state index < -0.39 is 158 Å². The van der Waals surface area contributed by atoms with Crippen molar-refractivity contribution in [1.82, 2.24) is 0 Å². The maximum atomic E-state index is 14.8. The average Bonchev–Trinajstić information content (AvgIpc) is 3.06. The van der Waals surface area contributed by atoms with Crippen molar-refractivity contribution in [3.05, 3.63) is 124 Å². The van der Waals surface area contributed by atoms with Gasteiger partial charge in [0, 0.05) is 0 Å². The van der Waals surface area contributed by atoms with Crippen LogP contribution in [0.3, 0.4) is 0 Å². The van der Waals surface area contributed by atoms with E-state index in [2.05, 4.69) is 15.9 Å². The van der Waals surface area contributed by atoms with Gasteiger partial charge in [-0.1, -0.05) is 0 Å². The van der Waals surface area contributed by atoms with Gasteiger partial charge in [-0.2, -0.15) is 0 Å². The van der Waals surface area contributed by atoms with Crippen LogP contribution in [0.5, 0.6) is 17.2 Å². The first-order valence-electron chi connectivity index (χ1n) is 13.4. The SMILES string of the molecule is C=Cc1ccc(OB(Oc2c(F)c(F)c(C(F)(F)F)c(F)c2F)Oc2c(F)c(F)c(C(F)(F)F)c(F)c2F)c([I-]c2c(F)c(F)c(C(F)(F)F)c(F)c2F)c1. The molecule has 0 aliphatic rings. The van der Waals surface area contributed by atoms with Gasteiger partial charge >= 0.3 is 301 Å². The Morgan fingerprint density at radius 3 is 1.11 bits per heavy atom. The Labute approximate surface area is 300 Å². The molecule has 0 aliphatic heterocycles. The van der Waals surface area contributed by atoms with E-state index in [-0.39, 0.29) is 5.56 Å². The van der Waals surface area contributed by atoms with Gasteiger partial charge in [0.25, 0.3) is 0 Å². The fourth-order valence-corrected chi connectivity index (χ4v) is 6.76. The van der Waals surface area contributed by atoms with Gasteiger partial charge in [0.2, 0.25) is 0 Å². The van der Waals surface area contributed by atoms with Crippen molar-refractivity contribution in [3.8, 4) is 17.2 Å². The Bertz CT molecular complexity index is 2030. The summed E-state index contributed by atoms with van der Waals surface area (Å²) >= 11 is -3.05. The molecule has 4 rings (SSSR count). The molecule has 4 aromatic carbocycles. The fraction of sp³-hybridized carbons (Fsp3) is 0.103. The molecule has 0 unspecified atom stereocenters. The molecule has 0 bridgehead atoms. The van der Waals surface area contributed by atoms with E-state index in [9.17, 15) is 92.2 Å². The zero-order valence-electron chi connectivity index (χ0n) is 25.1. The standard InChI is InChI=1S/C29H6BF21IO3/c1-2-6-3-4-8(7(5-6)52-24-18(37)12(31)9(27(43,44)45)13(32)19(24)38)53-30(54-25-20(39)14(33)10(28(46,47)48)15(34)21(25)40)55-26-22(41)16(35)11(29(49,50)51)17(36)23(26)42/h2-5H,1H2/q-1. The predicted octanol–water partition coefficient (Wildman–Crippen LogP) is 7.71. The number of hydrogen-bond donors (Lipinski definition) is 0. The summed E-state index contributed by atoms with van der Waals surface area (Å²) in [4.78, 5) is 0. The van der Waals surface area contributed by atoms with Crippen LogP contribution in [0.15, 0.2) is 24.8 Å². The predicted molar refractivity (Wildman–Crippen MR) is 135 cm³/mol. The molecule has 0 N–H and O–H groups in total. The van der Waals surface area contributed by atoms with Crippen LogP contribution >= 0.6 is 0 Å². The summed E-state index contributed by atoms with van der Waals surface area (Å²) in [6, 6.07) is 1.97. The van der Waals surface area contributed by atoms with E-state index in [0.717, 1.165) is 12.1 Å². The van der Waals surface area contributed by atoms with Gasteiger partial charge in [0.05, 0.1) is 0 Å². The first-order valence-corrected chi connectivity index (χ1v) is 15.5.